The molecule has 2 aliphatic heterocycles. The van der Waals surface area contributed by atoms with Crippen molar-refractivity contribution in [2.45, 2.75) is 29.2 Å². The molecule has 5 heterocycles. The van der Waals surface area contributed by atoms with E-state index in [1.165, 1.54) is 75.2 Å². The van der Waals surface area contributed by atoms with Crippen LogP contribution in [-0.2, 0) is 40.0 Å². The van der Waals surface area contributed by atoms with Crippen LogP contribution in [0.4, 0.5) is 26.0 Å². The van der Waals surface area contributed by atoms with Gasteiger partial charge < -0.3 is 24.6 Å². The highest BCUT2D eigenvalue weighted by Crippen LogP contribution is 2.29. The van der Waals surface area contributed by atoms with Crippen LogP contribution < -0.4 is 24.6 Å². The molecular weight excluding hydrogens is 842 g/mol. The molecule has 308 valence electrons. The lowest BCUT2D eigenvalue weighted by molar-refractivity contribution is -0.143. The average Bonchev–Trinajstić information content (AvgIpc) is 4.02. The molecule has 59 heavy (non-hydrogen) atoms. The first-order valence-corrected chi connectivity index (χ1v) is 22.8. The number of halogens is 1. The molecule has 0 unspecified atom stereocenters. The smallest absolute Gasteiger partial charge is 0.263 e. The maximum atomic E-state index is 14.2. The number of carbonyl (C=O) groups is 3. The summed E-state index contributed by atoms with van der Waals surface area (Å²) < 4.78 is 70.3. The Bertz CT molecular complexity index is 2690. The lowest BCUT2D eigenvalue weighted by atomic mass is 10.0. The number of nitrogens with zero attached hydrogens (tertiary/aromatic N) is 6. The molecule has 3 aromatic heterocycles. The second-order valence-corrected chi connectivity index (χ2v) is 18.9. The van der Waals surface area contributed by atoms with Crippen molar-refractivity contribution in [3.05, 3.63) is 108 Å². The largest absolute Gasteiger partial charge is 0.333 e. The highest BCUT2D eigenvalue weighted by molar-refractivity contribution is 7.93. The molecule has 2 aliphatic rings. The molecule has 3 aromatic carbocycles. The van der Waals surface area contributed by atoms with Crippen LogP contribution in [0.5, 0.6) is 0 Å². The van der Waals surface area contributed by atoms with E-state index < -0.39 is 25.6 Å². The van der Waals surface area contributed by atoms with Gasteiger partial charge in [-0.15, -0.1) is 22.7 Å². The quantitative estimate of drug-likeness (QED) is 0.176. The summed E-state index contributed by atoms with van der Waals surface area (Å²) in [5.74, 6) is -0.920. The molecule has 16 nitrogen and oxygen atoms in total. The van der Waals surface area contributed by atoms with Crippen LogP contribution in [0.15, 0.2) is 112 Å². The molecule has 21 heteroatoms. The number of sulfonamides is 2. The summed E-state index contributed by atoms with van der Waals surface area (Å²) >= 11 is 2.38. The number of piperazine rings is 2. The zero-order valence-corrected chi connectivity index (χ0v) is 34.9. The second kappa shape index (κ2) is 16.9. The van der Waals surface area contributed by atoms with E-state index in [0.29, 0.717) is 47.0 Å². The number of amides is 3. The minimum absolute atomic E-state index is 0.0252. The van der Waals surface area contributed by atoms with Crippen LogP contribution >= 0.6 is 22.7 Å². The molecule has 3 N–H and O–H groups in total. The van der Waals surface area contributed by atoms with Gasteiger partial charge in [0, 0.05) is 72.3 Å². The van der Waals surface area contributed by atoms with Crippen molar-refractivity contribution in [3.63, 3.8) is 0 Å². The highest BCUT2D eigenvalue weighted by atomic mass is 32.2. The van der Waals surface area contributed by atoms with Gasteiger partial charge >= 0.3 is 0 Å². The molecular formula is C38H38FN9O7S4. The Morgan fingerprint density at radius 3 is 1.83 bits per heavy atom. The molecule has 3 amide bonds. The number of benzene rings is 3. The van der Waals surface area contributed by atoms with Crippen LogP contribution in [0.2, 0.25) is 0 Å². The number of aromatic nitrogens is 3. The third kappa shape index (κ3) is 8.98. The number of rotatable bonds is 10. The Morgan fingerprint density at radius 1 is 0.763 bits per heavy atom. The van der Waals surface area contributed by atoms with Crippen LogP contribution in [-0.4, -0.2) is 93.3 Å². The Labute approximate surface area is 347 Å². The minimum Gasteiger partial charge on any atom is -0.333 e. The molecule has 0 bridgehead atoms. The van der Waals surface area contributed by atoms with Gasteiger partial charge in [0.15, 0.2) is 10.3 Å². The van der Waals surface area contributed by atoms with Gasteiger partial charge in [0.2, 0.25) is 17.7 Å². The summed E-state index contributed by atoms with van der Waals surface area (Å²) in [6.07, 6.45) is 4.72. The first-order valence-electron chi connectivity index (χ1n) is 18.1. The molecule has 2 fully saturated rings. The number of hydrogen-bond donors (Lipinski definition) is 3. The Balaban J connectivity index is 0.000000204. The van der Waals surface area contributed by atoms with Gasteiger partial charge in [0.25, 0.3) is 20.0 Å². The number of carbonyl (C=O) groups excluding carboxylic acids is 3. The molecule has 0 saturated carbocycles. The van der Waals surface area contributed by atoms with Crippen molar-refractivity contribution >= 4 is 93.0 Å². The Kier molecular flexibility index (Phi) is 11.8. The summed E-state index contributed by atoms with van der Waals surface area (Å²) in [5, 5.41) is 7.36. The van der Waals surface area contributed by atoms with Gasteiger partial charge in [-0.1, -0.05) is 6.07 Å². The monoisotopic (exact) mass is 879 g/mol. The van der Waals surface area contributed by atoms with Gasteiger partial charge in [-0.3, -0.25) is 23.8 Å². The third-order valence-corrected chi connectivity index (χ3v) is 14.0. The lowest BCUT2D eigenvalue weighted by Gasteiger charge is -2.39. The predicted octanol–water partition coefficient (Wildman–Crippen LogP) is 4.53. The number of hydrogen-bond acceptors (Lipinski definition) is 12. The van der Waals surface area contributed by atoms with Gasteiger partial charge in [-0.2, -0.15) is 0 Å². The van der Waals surface area contributed by atoms with Gasteiger partial charge in [-0.25, -0.2) is 31.2 Å². The summed E-state index contributed by atoms with van der Waals surface area (Å²) in [7, 11) is -7.47. The fourth-order valence-corrected chi connectivity index (χ4v) is 10.2. The van der Waals surface area contributed by atoms with E-state index in [1.54, 1.807) is 82.7 Å². The van der Waals surface area contributed by atoms with Gasteiger partial charge in [0.05, 0.1) is 21.9 Å². The van der Waals surface area contributed by atoms with Crippen molar-refractivity contribution in [1.29, 1.82) is 0 Å². The third-order valence-electron chi connectivity index (χ3n) is 9.63. The van der Waals surface area contributed by atoms with E-state index in [2.05, 4.69) is 24.7 Å². The minimum atomic E-state index is -3.80. The maximum absolute atomic E-state index is 14.2. The molecule has 0 atom stereocenters. The fraction of sp³-hybridized carbons (Fsp3) is 0.237. The predicted molar refractivity (Wildman–Crippen MR) is 224 cm³/mol. The normalized spacial score (nSPS) is 15.2. The van der Waals surface area contributed by atoms with Crippen molar-refractivity contribution in [2.75, 3.05) is 58.5 Å². The van der Waals surface area contributed by atoms with Gasteiger partial charge in [-0.05, 0) is 80.6 Å². The number of anilines is 4. The van der Waals surface area contributed by atoms with Crippen LogP contribution in [0.1, 0.15) is 13.8 Å². The van der Waals surface area contributed by atoms with E-state index in [9.17, 15) is 35.6 Å². The summed E-state index contributed by atoms with van der Waals surface area (Å²) in [4.78, 5) is 51.0. The lowest BCUT2D eigenvalue weighted by Crippen LogP contribution is -2.57. The van der Waals surface area contributed by atoms with Crippen molar-refractivity contribution in [3.8, 4) is 0 Å². The summed E-state index contributed by atoms with van der Waals surface area (Å²) in [5.41, 5.74) is 0.789. The second-order valence-electron chi connectivity index (χ2n) is 13.8. The van der Waals surface area contributed by atoms with E-state index in [-0.39, 0.29) is 51.6 Å². The summed E-state index contributed by atoms with van der Waals surface area (Å²) in [6, 6.07) is 18.6. The van der Waals surface area contributed by atoms with E-state index >= 15 is 0 Å². The SMILES string of the molecule is CC(C)(C(=O)N1CCN(c2ccc(S(=O)(=O)Nc3nccs3)cc2)C(=O)C1)n1ccc2c(F)cccc21.O=C1CNCCN1c1ccc(S(=O)(=O)Nc2nccs2)cc1. The highest BCUT2D eigenvalue weighted by Gasteiger charge is 2.38. The topological polar surface area (TPSA) is 196 Å². The zero-order valence-electron chi connectivity index (χ0n) is 31.6. The van der Waals surface area contributed by atoms with Crippen LogP contribution in [0, 0.1) is 5.82 Å². The van der Waals surface area contributed by atoms with Gasteiger partial charge in [0.1, 0.15) is 17.9 Å². The maximum Gasteiger partial charge on any atom is 0.263 e. The Morgan fingerprint density at radius 2 is 1.32 bits per heavy atom. The molecule has 2 saturated heterocycles. The van der Waals surface area contributed by atoms with E-state index in [1.807, 2.05) is 0 Å². The van der Waals surface area contributed by atoms with Crippen LogP contribution in [0.3, 0.4) is 0 Å². The van der Waals surface area contributed by atoms with Crippen molar-refractivity contribution < 1.29 is 35.6 Å². The van der Waals surface area contributed by atoms with E-state index in [0.717, 1.165) is 6.54 Å². The molecule has 0 spiro atoms. The average molecular weight is 880 g/mol. The first kappa shape index (κ1) is 41.4. The number of fused-ring (bicyclic) bond motifs is 1. The number of thiazole rings is 2. The zero-order chi connectivity index (χ0) is 42.0. The van der Waals surface area contributed by atoms with Crippen molar-refractivity contribution in [1.82, 2.24) is 24.8 Å². The molecule has 8 rings (SSSR count). The molecule has 6 aromatic rings. The van der Waals surface area contributed by atoms with Crippen LogP contribution in [0.25, 0.3) is 10.9 Å². The van der Waals surface area contributed by atoms with E-state index in [4.69, 9.17) is 0 Å². The number of nitrogens with one attached hydrogen (secondary N) is 3. The molecule has 0 aliphatic carbocycles. The standard InChI is InChI=1S/C25H24FN5O4S2.C13H14N4O3S2/c1-25(2,31-12-10-19-20(26)4-3-5-21(19)31)23(33)29-13-14-30(22(32)16-29)17-6-8-18(9-7-17)37(34,35)28-24-27-11-15-36-24;18-12-9-14-5-7-17(12)10-1-3-11(4-2-10)22(19,20)16-13-15-6-8-21-13/h3-12,15H,13-14,16H2,1-2H3,(H,27,28);1-4,6,8,14H,5,7,9H2,(H,15,16). The van der Waals surface area contributed by atoms with Crippen molar-refractivity contribution in [2.24, 2.45) is 0 Å². The summed E-state index contributed by atoms with van der Waals surface area (Å²) in [6.45, 7) is 5.51. The fourth-order valence-electron chi connectivity index (χ4n) is 6.61. The Hall–Kier alpha value is -5.74. The first-order chi connectivity index (χ1) is 28.1. The molecule has 0 radical (unpaired) electrons.